The maximum absolute atomic E-state index is 13.6. The van der Waals surface area contributed by atoms with Crippen LogP contribution >= 0.6 is 11.8 Å². The number of benzene rings is 1. The SMILES string of the molecule is C=CCSc1ccccc1NS(=O)(=O)c1ncccc1F. The third-order valence-corrected chi connectivity index (χ3v) is 4.83. The summed E-state index contributed by atoms with van der Waals surface area (Å²) in [6, 6.07) is 9.28. The standard InChI is InChI=1S/C14H13FN2O2S2/c1-2-10-20-13-8-4-3-7-12(13)17-21(18,19)14-11(15)6-5-9-16-14/h2-9,17H,1,10H2. The smallest absolute Gasteiger partial charge is 0.277 e. The molecule has 0 aliphatic carbocycles. The van der Waals surface area contributed by atoms with Crippen LogP contribution in [-0.2, 0) is 10.0 Å². The Morgan fingerprint density at radius 3 is 2.76 bits per heavy atom. The summed E-state index contributed by atoms with van der Waals surface area (Å²) in [7, 11) is -4.07. The molecule has 1 aromatic carbocycles. The van der Waals surface area contributed by atoms with Gasteiger partial charge in [-0.05, 0) is 24.3 Å². The van der Waals surface area contributed by atoms with E-state index in [4.69, 9.17) is 0 Å². The van der Waals surface area contributed by atoms with Gasteiger partial charge in [0.1, 0.15) is 0 Å². The Balaban J connectivity index is 2.33. The van der Waals surface area contributed by atoms with E-state index in [0.29, 0.717) is 11.4 Å². The van der Waals surface area contributed by atoms with Gasteiger partial charge in [0.05, 0.1) is 5.69 Å². The molecule has 0 aliphatic heterocycles. The summed E-state index contributed by atoms with van der Waals surface area (Å²) in [6.45, 7) is 3.62. The highest BCUT2D eigenvalue weighted by Gasteiger charge is 2.21. The molecule has 1 heterocycles. The molecule has 2 aromatic rings. The number of pyridine rings is 1. The zero-order valence-electron chi connectivity index (χ0n) is 11.0. The molecule has 0 bridgehead atoms. The first-order chi connectivity index (χ1) is 10.0. The largest absolute Gasteiger partial charge is 0.282 e. The van der Waals surface area contributed by atoms with E-state index in [1.165, 1.54) is 24.0 Å². The summed E-state index contributed by atoms with van der Waals surface area (Å²) in [5, 5.41) is -0.617. The average molecular weight is 324 g/mol. The van der Waals surface area contributed by atoms with Crippen LogP contribution < -0.4 is 4.72 Å². The first-order valence-corrected chi connectivity index (χ1v) is 8.47. The lowest BCUT2D eigenvalue weighted by Crippen LogP contribution is -2.16. The predicted molar refractivity (Wildman–Crippen MR) is 82.4 cm³/mol. The molecule has 2 rings (SSSR count). The van der Waals surface area contributed by atoms with Crippen LogP contribution in [0.4, 0.5) is 10.1 Å². The first kappa shape index (κ1) is 15.5. The minimum atomic E-state index is -4.07. The van der Waals surface area contributed by atoms with E-state index in [1.807, 2.05) is 0 Å². The van der Waals surface area contributed by atoms with Gasteiger partial charge in [-0.3, -0.25) is 4.72 Å². The maximum Gasteiger partial charge on any atom is 0.282 e. The van der Waals surface area contributed by atoms with Crippen molar-refractivity contribution in [3.05, 3.63) is 61.1 Å². The highest BCUT2D eigenvalue weighted by Crippen LogP contribution is 2.28. The van der Waals surface area contributed by atoms with E-state index in [0.717, 1.165) is 11.0 Å². The third-order valence-electron chi connectivity index (χ3n) is 2.47. The maximum atomic E-state index is 13.6. The number of nitrogens with one attached hydrogen (secondary N) is 1. The van der Waals surface area contributed by atoms with Gasteiger partial charge in [-0.1, -0.05) is 18.2 Å². The molecule has 0 unspecified atom stereocenters. The monoisotopic (exact) mass is 324 g/mol. The number of hydrogen-bond donors (Lipinski definition) is 1. The second-order valence-corrected chi connectivity index (χ2v) is 6.65. The number of aromatic nitrogens is 1. The number of thioether (sulfide) groups is 1. The van der Waals surface area contributed by atoms with Crippen molar-refractivity contribution in [2.45, 2.75) is 9.92 Å². The predicted octanol–water partition coefficient (Wildman–Crippen LogP) is 3.30. The number of sulfonamides is 1. The number of rotatable bonds is 6. The Hall–Kier alpha value is -1.86. The Bertz CT molecular complexity index is 748. The fourth-order valence-electron chi connectivity index (χ4n) is 1.59. The number of anilines is 1. The van der Waals surface area contributed by atoms with Gasteiger partial charge < -0.3 is 0 Å². The second-order valence-electron chi connectivity index (χ2n) is 3.99. The minimum absolute atomic E-state index is 0.384. The number of nitrogens with zero attached hydrogens (tertiary/aromatic N) is 1. The van der Waals surface area contributed by atoms with Crippen LogP contribution in [0, 0.1) is 5.82 Å². The molecule has 0 saturated carbocycles. The number of hydrogen-bond acceptors (Lipinski definition) is 4. The molecule has 21 heavy (non-hydrogen) atoms. The van der Waals surface area contributed by atoms with Crippen molar-refractivity contribution in [3.63, 3.8) is 0 Å². The van der Waals surface area contributed by atoms with Crippen molar-refractivity contribution in [2.75, 3.05) is 10.5 Å². The minimum Gasteiger partial charge on any atom is -0.277 e. The summed E-state index contributed by atoms with van der Waals surface area (Å²) in [5.74, 6) is -0.252. The van der Waals surface area contributed by atoms with Gasteiger partial charge in [0, 0.05) is 16.8 Å². The van der Waals surface area contributed by atoms with Gasteiger partial charge in [-0.2, -0.15) is 8.42 Å². The summed E-state index contributed by atoms with van der Waals surface area (Å²) in [6.07, 6.45) is 2.95. The third kappa shape index (κ3) is 3.83. The van der Waals surface area contributed by atoms with Crippen molar-refractivity contribution >= 4 is 27.5 Å². The molecule has 110 valence electrons. The highest BCUT2D eigenvalue weighted by atomic mass is 32.2. The van der Waals surface area contributed by atoms with Crippen LogP contribution in [0.1, 0.15) is 0 Å². The van der Waals surface area contributed by atoms with Crippen LogP contribution in [-0.4, -0.2) is 19.2 Å². The van der Waals surface area contributed by atoms with Crippen molar-refractivity contribution in [1.29, 1.82) is 0 Å². The lowest BCUT2D eigenvalue weighted by atomic mass is 10.3. The Kier molecular flexibility index (Phi) is 4.98. The summed E-state index contributed by atoms with van der Waals surface area (Å²) in [4.78, 5) is 4.32. The van der Waals surface area contributed by atoms with E-state index in [2.05, 4.69) is 16.3 Å². The van der Waals surface area contributed by atoms with Crippen molar-refractivity contribution in [3.8, 4) is 0 Å². The average Bonchev–Trinajstić information content (AvgIpc) is 2.46. The van der Waals surface area contributed by atoms with E-state index in [9.17, 15) is 12.8 Å². The highest BCUT2D eigenvalue weighted by molar-refractivity contribution is 7.99. The van der Waals surface area contributed by atoms with E-state index in [-0.39, 0.29) is 0 Å². The molecular formula is C14H13FN2O2S2. The molecule has 0 radical (unpaired) electrons. The van der Waals surface area contributed by atoms with Crippen LogP contribution in [0.5, 0.6) is 0 Å². The van der Waals surface area contributed by atoms with Crippen LogP contribution in [0.15, 0.2) is 65.2 Å². The molecular weight excluding hydrogens is 311 g/mol. The summed E-state index contributed by atoms with van der Waals surface area (Å²) < 4.78 is 40.4. The van der Waals surface area contributed by atoms with Crippen molar-refractivity contribution in [2.24, 2.45) is 0 Å². The van der Waals surface area contributed by atoms with Crippen LogP contribution in [0.3, 0.4) is 0 Å². The van der Waals surface area contributed by atoms with E-state index < -0.39 is 20.9 Å². The molecule has 1 N–H and O–H groups in total. The Morgan fingerprint density at radius 2 is 2.05 bits per heavy atom. The van der Waals surface area contributed by atoms with Crippen molar-refractivity contribution in [1.82, 2.24) is 4.98 Å². The second kappa shape index (κ2) is 6.73. The van der Waals surface area contributed by atoms with Gasteiger partial charge in [0.2, 0.25) is 5.03 Å². The molecule has 0 atom stereocenters. The van der Waals surface area contributed by atoms with Gasteiger partial charge in [-0.25, -0.2) is 9.37 Å². The molecule has 7 heteroatoms. The molecule has 4 nitrogen and oxygen atoms in total. The van der Waals surface area contributed by atoms with E-state index in [1.54, 1.807) is 30.3 Å². The molecule has 0 spiro atoms. The van der Waals surface area contributed by atoms with Gasteiger partial charge >= 0.3 is 0 Å². The van der Waals surface area contributed by atoms with Gasteiger partial charge in [0.25, 0.3) is 10.0 Å². The molecule has 0 fully saturated rings. The molecule has 1 aromatic heterocycles. The topological polar surface area (TPSA) is 59.1 Å². The molecule has 0 saturated heterocycles. The first-order valence-electron chi connectivity index (χ1n) is 6.00. The number of halogens is 1. The normalized spacial score (nSPS) is 11.1. The van der Waals surface area contributed by atoms with Crippen molar-refractivity contribution < 1.29 is 12.8 Å². The molecule has 0 amide bonds. The van der Waals surface area contributed by atoms with Gasteiger partial charge in [-0.15, -0.1) is 18.3 Å². The fourth-order valence-corrected chi connectivity index (χ4v) is 3.49. The van der Waals surface area contributed by atoms with E-state index >= 15 is 0 Å². The Labute approximate surface area is 127 Å². The van der Waals surface area contributed by atoms with Crippen LogP contribution in [0.2, 0.25) is 0 Å². The lowest BCUT2D eigenvalue weighted by Gasteiger charge is -2.11. The number of para-hydroxylation sites is 1. The van der Waals surface area contributed by atoms with Crippen LogP contribution in [0.25, 0.3) is 0 Å². The molecule has 0 aliphatic rings. The Morgan fingerprint density at radius 1 is 1.29 bits per heavy atom. The summed E-state index contributed by atoms with van der Waals surface area (Å²) >= 11 is 1.43. The fraction of sp³-hybridized carbons (Fsp3) is 0.0714. The summed E-state index contributed by atoms with van der Waals surface area (Å²) in [5.41, 5.74) is 0.384. The zero-order valence-corrected chi connectivity index (χ0v) is 12.6. The lowest BCUT2D eigenvalue weighted by molar-refractivity contribution is 0.556. The quantitative estimate of drug-likeness (QED) is 0.654. The van der Waals surface area contributed by atoms with Gasteiger partial charge in [0.15, 0.2) is 5.82 Å². The zero-order chi connectivity index (χ0) is 15.3.